The van der Waals surface area contributed by atoms with E-state index in [2.05, 4.69) is 32.9 Å². The fourth-order valence-corrected chi connectivity index (χ4v) is 1.88. The van der Waals surface area contributed by atoms with Crippen molar-refractivity contribution < 1.29 is 9.32 Å². The number of aromatic nitrogens is 3. The number of nitrogens with one attached hydrogen (secondary N) is 2. The quantitative estimate of drug-likeness (QED) is 0.859. The van der Waals surface area contributed by atoms with E-state index in [1.807, 2.05) is 0 Å². The number of nitrogens with zero attached hydrogens (tertiary/aromatic N) is 3. The summed E-state index contributed by atoms with van der Waals surface area (Å²) in [7, 11) is 0. The molecule has 0 aromatic carbocycles. The van der Waals surface area contributed by atoms with Gasteiger partial charge in [-0.3, -0.25) is 4.79 Å². The van der Waals surface area contributed by atoms with Gasteiger partial charge >= 0.3 is 0 Å². The van der Waals surface area contributed by atoms with Gasteiger partial charge in [0.2, 0.25) is 10.1 Å². The van der Waals surface area contributed by atoms with E-state index in [1.54, 1.807) is 13.0 Å². The first kappa shape index (κ1) is 12.5. The van der Waals surface area contributed by atoms with Crippen molar-refractivity contribution in [2.75, 3.05) is 17.2 Å². The maximum Gasteiger partial charge on any atom is 0.287 e. The van der Waals surface area contributed by atoms with Gasteiger partial charge in [-0.2, -0.15) is 0 Å². The molecule has 0 spiro atoms. The molecule has 0 saturated heterocycles. The highest BCUT2D eigenvalue weighted by atomic mass is 32.1. The minimum Gasteiger partial charge on any atom is -0.360 e. The van der Waals surface area contributed by atoms with E-state index >= 15 is 0 Å². The molecule has 0 atom stereocenters. The topological polar surface area (TPSA) is 92.9 Å². The molecule has 0 bridgehead atoms. The normalized spacial score (nSPS) is 10.3. The van der Waals surface area contributed by atoms with Crippen LogP contribution in [0.5, 0.6) is 0 Å². The lowest BCUT2D eigenvalue weighted by Crippen LogP contribution is -2.11. The van der Waals surface area contributed by atoms with Crippen molar-refractivity contribution >= 4 is 28.2 Å². The zero-order chi connectivity index (χ0) is 13.0. The van der Waals surface area contributed by atoms with Crippen LogP contribution in [0.3, 0.4) is 0 Å². The summed E-state index contributed by atoms with van der Waals surface area (Å²) in [5, 5.41) is 17.9. The minimum absolute atomic E-state index is 0.286. The first-order valence-electron chi connectivity index (χ1n) is 5.51. The summed E-state index contributed by atoms with van der Waals surface area (Å²) in [6, 6.07) is 1.63. The van der Waals surface area contributed by atoms with E-state index in [-0.39, 0.29) is 10.9 Å². The van der Waals surface area contributed by atoms with Crippen molar-refractivity contribution in [3.8, 4) is 0 Å². The Labute approximate surface area is 108 Å². The Morgan fingerprint density at radius 2 is 2.33 bits per heavy atom. The van der Waals surface area contributed by atoms with Gasteiger partial charge in [0.05, 0.1) is 0 Å². The summed E-state index contributed by atoms with van der Waals surface area (Å²) in [5.74, 6) is 0.661. The average molecular weight is 267 g/mol. The van der Waals surface area contributed by atoms with Gasteiger partial charge in [-0.25, -0.2) is 0 Å². The van der Waals surface area contributed by atoms with E-state index in [0.29, 0.717) is 16.7 Å². The Hall–Kier alpha value is -1.96. The van der Waals surface area contributed by atoms with E-state index in [0.717, 1.165) is 13.0 Å². The van der Waals surface area contributed by atoms with Gasteiger partial charge in [-0.05, 0) is 13.3 Å². The molecule has 8 heteroatoms. The van der Waals surface area contributed by atoms with Crippen LogP contribution in [0, 0.1) is 6.92 Å². The molecule has 2 rings (SSSR count). The Morgan fingerprint density at radius 3 is 3.00 bits per heavy atom. The lowest BCUT2D eigenvalue weighted by Gasteiger charge is -1.96. The Kier molecular flexibility index (Phi) is 3.88. The SMILES string of the molecule is CCCNc1nnc(C(=O)Nc2cc(C)on2)s1. The van der Waals surface area contributed by atoms with Gasteiger partial charge in [-0.15, -0.1) is 10.2 Å². The number of carbonyl (C=O) groups excluding carboxylic acids is 1. The molecule has 0 fully saturated rings. The van der Waals surface area contributed by atoms with E-state index in [1.165, 1.54) is 11.3 Å². The Morgan fingerprint density at radius 1 is 1.50 bits per heavy atom. The minimum atomic E-state index is -0.342. The highest BCUT2D eigenvalue weighted by molar-refractivity contribution is 7.17. The second-order valence-corrected chi connectivity index (χ2v) is 4.59. The van der Waals surface area contributed by atoms with E-state index in [4.69, 9.17) is 4.52 Å². The molecule has 0 radical (unpaired) electrons. The number of carbonyl (C=O) groups is 1. The van der Waals surface area contributed by atoms with Crippen LogP contribution in [0.2, 0.25) is 0 Å². The van der Waals surface area contributed by atoms with Crippen LogP contribution < -0.4 is 10.6 Å². The molecule has 2 heterocycles. The molecule has 96 valence electrons. The number of amides is 1. The third-order valence-electron chi connectivity index (χ3n) is 2.02. The zero-order valence-corrected chi connectivity index (χ0v) is 10.9. The van der Waals surface area contributed by atoms with Crippen molar-refractivity contribution in [1.29, 1.82) is 0 Å². The summed E-state index contributed by atoms with van der Waals surface area (Å²) in [6.45, 7) is 4.60. The van der Waals surface area contributed by atoms with Crippen LogP contribution in [0.25, 0.3) is 0 Å². The van der Waals surface area contributed by atoms with Crippen LogP contribution in [-0.2, 0) is 0 Å². The molecule has 0 aliphatic rings. The molecule has 0 aliphatic heterocycles. The Balaban J connectivity index is 1.98. The smallest absolute Gasteiger partial charge is 0.287 e. The summed E-state index contributed by atoms with van der Waals surface area (Å²) in [5.41, 5.74) is 0. The zero-order valence-electron chi connectivity index (χ0n) is 10.1. The monoisotopic (exact) mass is 267 g/mol. The lowest BCUT2D eigenvalue weighted by molar-refractivity contribution is 0.102. The highest BCUT2D eigenvalue weighted by Crippen LogP contribution is 2.16. The average Bonchev–Trinajstić information content (AvgIpc) is 2.96. The van der Waals surface area contributed by atoms with E-state index < -0.39 is 0 Å². The standard InChI is InChI=1S/C10H13N5O2S/c1-3-4-11-10-14-13-9(18-10)8(16)12-7-5-6(2)17-15-7/h5H,3-4H2,1-2H3,(H,11,14)(H,12,15,16). The first-order valence-corrected chi connectivity index (χ1v) is 6.32. The summed E-state index contributed by atoms with van der Waals surface area (Å²) in [6.07, 6.45) is 0.985. The van der Waals surface area contributed by atoms with Crippen LogP contribution in [0.4, 0.5) is 10.9 Å². The third-order valence-corrected chi connectivity index (χ3v) is 2.89. The second kappa shape index (κ2) is 5.58. The summed E-state index contributed by atoms with van der Waals surface area (Å²) >= 11 is 1.20. The van der Waals surface area contributed by atoms with Crippen LogP contribution >= 0.6 is 11.3 Å². The number of hydrogen-bond donors (Lipinski definition) is 2. The number of hydrogen-bond acceptors (Lipinski definition) is 7. The van der Waals surface area contributed by atoms with Crippen LogP contribution in [-0.4, -0.2) is 27.8 Å². The maximum atomic E-state index is 11.8. The van der Waals surface area contributed by atoms with Crippen molar-refractivity contribution in [2.24, 2.45) is 0 Å². The first-order chi connectivity index (χ1) is 8.69. The third kappa shape index (κ3) is 3.04. The van der Waals surface area contributed by atoms with Gasteiger partial charge < -0.3 is 15.2 Å². The second-order valence-electron chi connectivity index (χ2n) is 3.62. The number of rotatable bonds is 5. The lowest BCUT2D eigenvalue weighted by atomic mass is 10.5. The summed E-state index contributed by atoms with van der Waals surface area (Å²) < 4.78 is 4.85. The van der Waals surface area contributed by atoms with Gasteiger partial charge in [0.1, 0.15) is 5.76 Å². The van der Waals surface area contributed by atoms with E-state index in [9.17, 15) is 4.79 Å². The fourth-order valence-electron chi connectivity index (χ4n) is 1.21. The molecular formula is C10H13N5O2S. The molecule has 0 unspecified atom stereocenters. The van der Waals surface area contributed by atoms with Crippen molar-refractivity contribution in [2.45, 2.75) is 20.3 Å². The van der Waals surface area contributed by atoms with Crippen molar-refractivity contribution in [3.63, 3.8) is 0 Å². The van der Waals surface area contributed by atoms with Gasteiger partial charge in [0, 0.05) is 12.6 Å². The number of anilines is 2. The maximum absolute atomic E-state index is 11.8. The fraction of sp³-hybridized carbons (Fsp3) is 0.400. The molecule has 2 aromatic heterocycles. The Bertz CT molecular complexity index is 536. The largest absolute Gasteiger partial charge is 0.360 e. The molecule has 1 amide bonds. The van der Waals surface area contributed by atoms with Gasteiger partial charge in [0.25, 0.3) is 5.91 Å². The molecule has 0 saturated carbocycles. The number of aryl methyl sites for hydroxylation is 1. The predicted molar refractivity (Wildman–Crippen MR) is 67.9 cm³/mol. The molecule has 18 heavy (non-hydrogen) atoms. The molecule has 2 aromatic rings. The highest BCUT2D eigenvalue weighted by Gasteiger charge is 2.14. The van der Waals surface area contributed by atoms with Crippen LogP contribution in [0.15, 0.2) is 10.6 Å². The molecular weight excluding hydrogens is 254 g/mol. The summed E-state index contributed by atoms with van der Waals surface area (Å²) in [4.78, 5) is 11.8. The molecule has 0 aliphatic carbocycles. The van der Waals surface area contributed by atoms with Gasteiger partial charge in [0.15, 0.2) is 5.82 Å². The van der Waals surface area contributed by atoms with Crippen molar-refractivity contribution in [3.05, 3.63) is 16.8 Å². The molecule has 7 nitrogen and oxygen atoms in total. The van der Waals surface area contributed by atoms with Gasteiger partial charge in [-0.1, -0.05) is 23.4 Å². The van der Waals surface area contributed by atoms with Crippen molar-refractivity contribution in [1.82, 2.24) is 15.4 Å². The van der Waals surface area contributed by atoms with Crippen LogP contribution in [0.1, 0.15) is 28.9 Å². The molecule has 2 N–H and O–H groups in total. The predicted octanol–water partition coefficient (Wildman–Crippen LogP) is 1.91.